The summed E-state index contributed by atoms with van der Waals surface area (Å²) in [6, 6.07) is 58.7. The molecule has 0 aliphatic heterocycles. The van der Waals surface area contributed by atoms with Gasteiger partial charge in [0, 0.05) is 43.2 Å². The summed E-state index contributed by atoms with van der Waals surface area (Å²) in [5, 5.41) is 2.15. The van der Waals surface area contributed by atoms with Crippen molar-refractivity contribution < 1.29 is 28.9 Å². The van der Waals surface area contributed by atoms with Gasteiger partial charge in [0.15, 0.2) is 0 Å². The number of hydrogen-bond donors (Lipinski definition) is 0. The first-order chi connectivity index (χ1) is 31.3. The Kier molecular flexibility index (Phi) is 11.8. The SMILES string of the molecule is CC(C)c1cc(-c2ccccc2)cc(C(C)C)c1-n1c(-c2[c-]ccc3c2oc2cc(-c4ccccc4)ccc23)nc2ccccc21.CC1(C)c2ccc(F)[c-]c2-c2ncccc2C1(C)C.[Ir]. The number of pyridine rings is 1. The minimum Gasteiger partial charge on any atom is -0.501 e. The molecule has 0 N–H and O–H groups in total. The Labute approximate surface area is 400 Å². The number of aromatic nitrogens is 3. The number of hydrogen-bond acceptors (Lipinski definition) is 3. The van der Waals surface area contributed by atoms with Crippen LogP contribution in [0.2, 0.25) is 0 Å². The molecule has 11 rings (SSSR count). The zero-order valence-corrected chi connectivity index (χ0v) is 41.0. The van der Waals surface area contributed by atoms with Crippen LogP contribution in [-0.4, -0.2) is 14.5 Å². The Hall–Kier alpha value is -6.46. The van der Waals surface area contributed by atoms with Crippen molar-refractivity contribution in [2.45, 2.75) is 78.1 Å². The molecule has 7 aromatic carbocycles. The third-order valence-electron chi connectivity index (χ3n) is 13.9. The molecule has 0 saturated carbocycles. The zero-order chi connectivity index (χ0) is 45.2. The van der Waals surface area contributed by atoms with E-state index in [4.69, 9.17) is 9.40 Å². The largest absolute Gasteiger partial charge is 0.501 e. The molecule has 0 unspecified atom stereocenters. The smallest absolute Gasteiger partial charge is 0.121 e. The first-order valence-corrected chi connectivity index (χ1v) is 22.7. The molecule has 0 fully saturated rings. The third kappa shape index (κ3) is 7.51. The Morgan fingerprint density at radius 2 is 1.24 bits per heavy atom. The monoisotopic (exact) mass is 1040 g/mol. The Balaban J connectivity index is 0.000000229. The molecule has 0 amide bonds. The van der Waals surface area contributed by atoms with E-state index in [0.717, 1.165) is 72.3 Å². The second kappa shape index (κ2) is 17.4. The standard InChI is InChI=1S/C43H35N2O.C17H17FN.Ir/c1-27(2)36-24-32(30-16-9-6-10-17-30)25-37(28(3)4)41(36)45-39-21-12-11-20-38(39)44-43(45)35-19-13-18-34-33-23-22-31(26-40(33)46-42(34)35)29-14-7-5-8-15-29;1-16(2)13-8-7-11(18)10-12(13)15-14(17(16,3)4)6-5-9-19-15;/h5-18,20-28H,1-4H3;5-9H,1-4H3;/q2*-1;. The van der Waals surface area contributed by atoms with Crippen molar-refractivity contribution in [3.8, 4) is 50.6 Å². The van der Waals surface area contributed by atoms with Crippen molar-refractivity contribution in [3.05, 3.63) is 198 Å². The summed E-state index contributed by atoms with van der Waals surface area (Å²) in [5.41, 5.74) is 16.9. The van der Waals surface area contributed by atoms with Crippen LogP contribution < -0.4 is 0 Å². The fourth-order valence-corrected chi connectivity index (χ4v) is 9.71. The van der Waals surface area contributed by atoms with Crippen molar-refractivity contribution in [1.82, 2.24) is 14.5 Å². The molecule has 10 aromatic rings. The van der Waals surface area contributed by atoms with Gasteiger partial charge < -0.3 is 14.0 Å². The topological polar surface area (TPSA) is 43.9 Å². The number of benzene rings is 7. The van der Waals surface area contributed by atoms with Crippen LogP contribution in [0.15, 0.2) is 162 Å². The Morgan fingerprint density at radius 1 is 0.606 bits per heavy atom. The first-order valence-electron chi connectivity index (χ1n) is 22.7. The fraction of sp³-hybridized carbons (Fsp3) is 0.200. The van der Waals surface area contributed by atoms with Crippen LogP contribution in [0.4, 0.5) is 4.39 Å². The predicted molar refractivity (Wildman–Crippen MR) is 266 cm³/mol. The molecule has 0 atom stereocenters. The number of para-hydroxylation sites is 2. The molecular weight excluding hydrogens is 990 g/mol. The van der Waals surface area contributed by atoms with Crippen LogP contribution in [0.5, 0.6) is 0 Å². The molecule has 331 valence electrons. The molecule has 1 aliphatic carbocycles. The minimum atomic E-state index is -0.328. The maximum atomic E-state index is 13.5. The van der Waals surface area contributed by atoms with Crippen molar-refractivity contribution >= 4 is 33.0 Å². The van der Waals surface area contributed by atoms with Crippen molar-refractivity contribution in [2.75, 3.05) is 0 Å². The number of furan rings is 1. The number of fused-ring (bicyclic) bond motifs is 7. The number of halogens is 1. The molecule has 0 spiro atoms. The molecule has 1 aliphatic rings. The van der Waals surface area contributed by atoms with Gasteiger partial charge in [0.05, 0.1) is 22.4 Å². The molecule has 66 heavy (non-hydrogen) atoms. The van der Waals surface area contributed by atoms with Crippen molar-refractivity contribution in [1.29, 1.82) is 0 Å². The van der Waals surface area contributed by atoms with Gasteiger partial charge in [-0.3, -0.25) is 4.98 Å². The van der Waals surface area contributed by atoms with Gasteiger partial charge in [-0.2, -0.15) is 0 Å². The van der Waals surface area contributed by atoms with Crippen molar-refractivity contribution in [2.24, 2.45) is 0 Å². The third-order valence-corrected chi connectivity index (χ3v) is 13.9. The van der Waals surface area contributed by atoms with Crippen LogP contribution in [0.1, 0.15) is 89.5 Å². The average Bonchev–Trinajstić information content (AvgIpc) is 3.90. The molecule has 6 heteroatoms. The van der Waals surface area contributed by atoms with Crippen LogP contribution in [0.3, 0.4) is 0 Å². The molecule has 0 saturated heterocycles. The molecule has 3 heterocycles. The van der Waals surface area contributed by atoms with Gasteiger partial charge in [0.2, 0.25) is 0 Å². The summed E-state index contributed by atoms with van der Waals surface area (Å²) in [6.45, 7) is 18.0. The first kappa shape index (κ1) is 44.7. The Bertz CT molecular complexity index is 3370. The van der Waals surface area contributed by atoms with Crippen LogP contribution in [0, 0.1) is 17.9 Å². The average molecular weight is 1040 g/mol. The van der Waals surface area contributed by atoms with Gasteiger partial charge in [-0.15, -0.1) is 47.5 Å². The van der Waals surface area contributed by atoms with Gasteiger partial charge in [0.25, 0.3) is 0 Å². The van der Waals surface area contributed by atoms with E-state index in [2.05, 4.69) is 198 Å². The van der Waals surface area contributed by atoms with E-state index in [9.17, 15) is 4.39 Å². The van der Waals surface area contributed by atoms with Gasteiger partial charge >= 0.3 is 0 Å². The number of rotatable bonds is 6. The van der Waals surface area contributed by atoms with E-state index < -0.39 is 0 Å². The van der Waals surface area contributed by atoms with Crippen LogP contribution in [-0.2, 0) is 30.9 Å². The second-order valence-corrected chi connectivity index (χ2v) is 19.0. The molecule has 3 aromatic heterocycles. The fourth-order valence-electron chi connectivity index (χ4n) is 9.71. The number of imidazole rings is 1. The van der Waals surface area contributed by atoms with E-state index >= 15 is 0 Å². The van der Waals surface area contributed by atoms with E-state index in [-0.39, 0.29) is 48.6 Å². The molecular formula is C60H52FIrN3O-2. The predicted octanol–water partition coefficient (Wildman–Crippen LogP) is 16.2. The maximum Gasteiger partial charge on any atom is 0.121 e. The quantitative estimate of drug-likeness (QED) is 0.156. The van der Waals surface area contributed by atoms with Gasteiger partial charge in [-0.05, 0) is 98.1 Å². The summed E-state index contributed by atoms with van der Waals surface area (Å²) in [7, 11) is 0. The summed E-state index contributed by atoms with van der Waals surface area (Å²) in [5.74, 6) is 1.08. The number of nitrogens with zero attached hydrogens (tertiary/aromatic N) is 3. The summed E-state index contributed by atoms with van der Waals surface area (Å²) >= 11 is 0. The van der Waals surface area contributed by atoms with Gasteiger partial charge in [-0.1, -0.05) is 163 Å². The van der Waals surface area contributed by atoms with E-state index in [1.807, 2.05) is 24.3 Å². The molecule has 1 radical (unpaired) electrons. The van der Waals surface area contributed by atoms with E-state index in [1.54, 1.807) is 6.20 Å². The van der Waals surface area contributed by atoms with E-state index in [1.165, 1.54) is 39.6 Å². The Morgan fingerprint density at radius 3 is 1.92 bits per heavy atom. The van der Waals surface area contributed by atoms with Gasteiger partial charge in [0.1, 0.15) is 5.58 Å². The summed E-state index contributed by atoms with van der Waals surface area (Å²) < 4.78 is 22.6. The molecule has 0 bridgehead atoms. The second-order valence-electron chi connectivity index (χ2n) is 19.0. The van der Waals surface area contributed by atoms with Crippen LogP contribution in [0.25, 0.3) is 83.6 Å². The zero-order valence-electron chi connectivity index (χ0n) is 38.6. The molecule has 4 nitrogen and oxygen atoms in total. The normalized spacial score (nSPS) is 13.6. The summed E-state index contributed by atoms with van der Waals surface area (Å²) in [6.07, 6.45) is 1.76. The summed E-state index contributed by atoms with van der Waals surface area (Å²) in [4.78, 5) is 9.76. The van der Waals surface area contributed by atoms with E-state index in [0.29, 0.717) is 0 Å². The van der Waals surface area contributed by atoms with Crippen molar-refractivity contribution in [3.63, 3.8) is 0 Å². The maximum absolute atomic E-state index is 13.5. The van der Waals surface area contributed by atoms with Crippen LogP contribution >= 0.6 is 0 Å². The minimum absolute atomic E-state index is 0. The van der Waals surface area contributed by atoms with Gasteiger partial charge in [-0.25, -0.2) is 4.39 Å².